The average Bonchev–Trinajstić information content (AvgIpc) is 3.27. The van der Waals surface area contributed by atoms with E-state index in [1.807, 2.05) is 7.11 Å². The fraction of sp³-hybridized carbons (Fsp3) is 1.00. The largest absolute Gasteiger partial charge is 0.420 e. The lowest BCUT2D eigenvalue weighted by molar-refractivity contribution is 0.343. The Labute approximate surface area is 139 Å². The van der Waals surface area contributed by atoms with Crippen molar-refractivity contribution in [3.63, 3.8) is 0 Å². The molecule has 130 valence electrons. The zero-order valence-corrected chi connectivity index (χ0v) is 16.2. The highest BCUT2D eigenvalue weighted by Crippen LogP contribution is 2.41. The van der Waals surface area contributed by atoms with Gasteiger partial charge in [-0.3, -0.25) is 0 Å². The second-order valence-corrected chi connectivity index (χ2v) is 12.7. The molecule has 0 aromatic carbocycles. The fourth-order valence-corrected chi connectivity index (χ4v) is 5.20. The van der Waals surface area contributed by atoms with E-state index in [9.17, 15) is 0 Å². The van der Waals surface area contributed by atoms with Crippen LogP contribution in [0.1, 0.15) is 77.0 Å². The van der Waals surface area contributed by atoms with E-state index in [-0.39, 0.29) is 0 Å². The van der Waals surface area contributed by atoms with Crippen LogP contribution >= 0.6 is 0 Å². The first-order valence-electron chi connectivity index (χ1n) is 9.81. The van der Waals surface area contributed by atoms with Gasteiger partial charge in [-0.05, 0) is 44.3 Å². The molecule has 1 heterocycles. The van der Waals surface area contributed by atoms with E-state index in [0.717, 1.165) is 5.92 Å². The van der Waals surface area contributed by atoms with Crippen LogP contribution in [0.4, 0.5) is 0 Å². The molecule has 0 aromatic rings. The van der Waals surface area contributed by atoms with Gasteiger partial charge in [0, 0.05) is 7.11 Å². The number of rotatable bonds is 12. The third kappa shape index (κ3) is 7.14. The third-order valence-corrected chi connectivity index (χ3v) is 8.47. The molecule has 3 heteroatoms. The van der Waals surface area contributed by atoms with Gasteiger partial charge < -0.3 is 9.16 Å². The summed E-state index contributed by atoms with van der Waals surface area (Å²) in [5.74, 6) is 0.983. The van der Waals surface area contributed by atoms with Crippen LogP contribution in [0, 0.1) is 5.92 Å². The molecule has 0 bridgehead atoms. The normalized spacial score (nSPS) is 27.7. The predicted molar refractivity (Wildman–Crippen MR) is 96.9 cm³/mol. The van der Waals surface area contributed by atoms with Crippen molar-refractivity contribution in [2.45, 2.75) is 108 Å². The van der Waals surface area contributed by atoms with Gasteiger partial charge in [-0.15, -0.1) is 0 Å². The Morgan fingerprint density at radius 3 is 2.14 bits per heavy atom. The first-order chi connectivity index (χ1) is 10.6. The van der Waals surface area contributed by atoms with Crippen LogP contribution in [0.15, 0.2) is 0 Å². The smallest absolute Gasteiger partial charge is 0.186 e. The molecule has 2 rings (SSSR count). The molecule has 1 aliphatic carbocycles. The summed E-state index contributed by atoms with van der Waals surface area (Å²) in [5, 5.41) is 0. The van der Waals surface area contributed by atoms with Crippen molar-refractivity contribution < 1.29 is 9.16 Å². The van der Waals surface area contributed by atoms with E-state index >= 15 is 0 Å². The van der Waals surface area contributed by atoms with E-state index in [4.69, 9.17) is 9.16 Å². The van der Waals surface area contributed by atoms with E-state index in [2.05, 4.69) is 13.1 Å². The van der Waals surface area contributed by atoms with Gasteiger partial charge in [-0.25, -0.2) is 0 Å². The van der Waals surface area contributed by atoms with Crippen LogP contribution in [0.3, 0.4) is 0 Å². The van der Waals surface area contributed by atoms with Crippen molar-refractivity contribution in [3.05, 3.63) is 0 Å². The maximum Gasteiger partial charge on any atom is 0.186 e. The Kier molecular flexibility index (Phi) is 7.92. The summed E-state index contributed by atoms with van der Waals surface area (Å²) in [6.07, 6.45) is 18.4. The van der Waals surface area contributed by atoms with Crippen molar-refractivity contribution in [1.29, 1.82) is 0 Å². The summed E-state index contributed by atoms with van der Waals surface area (Å²) in [5.41, 5.74) is 0. The Morgan fingerprint density at radius 1 is 0.864 bits per heavy atom. The predicted octanol–water partition coefficient (Wildman–Crippen LogP) is 5.92. The van der Waals surface area contributed by atoms with Gasteiger partial charge in [0.05, 0.1) is 12.2 Å². The highest BCUT2D eigenvalue weighted by molar-refractivity contribution is 6.71. The number of fused-ring (bicyclic) bond motifs is 1. The molecule has 2 fully saturated rings. The first kappa shape index (κ1) is 18.5. The van der Waals surface area contributed by atoms with Gasteiger partial charge in [-0.2, -0.15) is 0 Å². The first-order valence-corrected chi connectivity index (χ1v) is 12.9. The fourth-order valence-electron chi connectivity index (χ4n) is 3.90. The van der Waals surface area contributed by atoms with Gasteiger partial charge in [0.25, 0.3) is 0 Å². The molecule has 1 aliphatic heterocycles. The molecule has 1 saturated carbocycles. The number of hydrogen-bond acceptors (Lipinski definition) is 2. The van der Waals surface area contributed by atoms with Crippen molar-refractivity contribution in [1.82, 2.24) is 0 Å². The van der Waals surface area contributed by atoms with E-state index in [0.29, 0.717) is 12.2 Å². The second-order valence-electron chi connectivity index (χ2n) is 8.22. The molecule has 0 aromatic heterocycles. The molecule has 1 saturated heterocycles. The number of hydrogen-bond donors (Lipinski definition) is 0. The van der Waals surface area contributed by atoms with Crippen molar-refractivity contribution in [2.75, 3.05) is 7.11 Å². The maximum atomic E-state index is 5.62. The third-order valence-electron chi connectivity index (χ3n) is 5.81. The van der Waals surface area contributed by atoms with Crippen molar-refractivity contribution in [3.8, 4) is 0 Å². The SMILES string of the molecule is CO[Si](C)(C)CCCCCCCCCCC1CCC2OC2C1. The van der Waals surface area contributed by atoms with Gasteiger partial charge in [-0.1, -0.05) is 57.8 Å². The highest BCUT2D eigenvalue weighted by Gasteiger charge is 2.43. The average molecular weight is 327 g/mol. The topological polar surface area (TPSA) is 21.8 Å². The molecule has 0 amide bonds. The zero-order chi connectivity index (χ0) is 15.8. The minimum atomic E-state index is -1.29. The summed E-state index contributed by atoms with van der Waals surface area (Å²) < 4.78 is 11.2. The minimum absolute atomic E-state index is 0.671. The molecule has 0 spiro atoms. The van der Waals surface area contributed by atoms with Crippen LogP contribution < -0.4 is 0 Å². The summed E-state index contributed by atoms with van der Waals surface area (Å²) in [7, 11) is 0.594. The molecule has 0 N–H and O–H groups in total. The quantitative estimate of drug-likeness (QED) is 0.252. The monoisotopic (exact) mass is 326 g/mol. The van der Waals surface area contributed by atoms with Crippen molar-refractivity contribution in [2.24, 2.45) is 5.92 Å². The summed E-state index contributed by atoms with van der Waals surface area (Å²) in [4.78, 5) is 0. The molecule has 22 heavy (non-hydrogen) atoms. The zero-order valence-electron chi connectivity index (χ0n) is 15.2. The molecule has 2 nitrogen and oxygen atoms in total. The van der Waals surface area contributed by atoms with Crippen LogP contribution in [0.25, 0.3) is 0 Å². The molecule has 2 aliphatic rings. The Hall–Kier alpha value is 0.137. The number of ether oxygens (including phenoxy) is 1. The standard InChI is InChI=1S/C19H38O2Si/c1-20-22(2,3)15-11-9-7-5-4-6-8-10-12-17-13-14-18-19(16-17)21-18/h17-19H,4-16H2,1-3H3. The lowest BCUT2D eigenvalue weighted by atomic mass is 9.85. The molecule has 3 atom stereocenters. The molecular weight excluding hydrogens is 288 g/mol. The Morgan fingerprint density at radius 2 is 1.50 bits per heavy atom. The van der Waals surface area contributed by atoms with Crippen LogP contribution in [0.5, 0.6) is 0 Å². The molecule has 0 radical (unpaired) electrons. The number of epoxide rings is 1. The van der Waals surface area contributed by atoms with Gasteiger partial charge in [0.15, 0.2) is 8.32 Å². The lowest BCUT2D eigenvalue weighted by Crippen LogP contribution is -2.27. The van der Waals surface area contributed by atoms with Crippen molar-refractivity contribution >= 4 is 8.32 Å². The van der Waals surface area contributed by atoms with E-state index in [1.54, 1.807) is 0 Å². The molecule has 3 unspecified atom stereocenters. The van der Waals surface area contributed by atoms with Gasteiger partial charge in [0.2, 0.25) is 0 Å². The summed E-state index contributed by atoms with van der Waals surface area (Å²) >= 11 is 0. The maximum absolute atomic E-state index is 5.62. The van der Waals surface area contributed by atoms with Crippen LogP contribution in [0.2, 0.25) is 19.1 Å². The second kappa shape index (κ2) is 9.44. The van der Waals surface area contributed by atoms with Gasteiger partial charge in [0.1, 0.15) is 0 Å². The number of unbranched alkanes of at least 4 members (excludes halogenated alkanes) is 7. The minimum Gasteiger partial charge on any atom is -0.420 e. The van der Waals surface area contributed by atoms with E-state index in [1.165, 1.54) is 83.1 Å². The van der Waals surface area contributed by atoms with Crippen LogP contribution in [-0.2, 0) is 9.16 Å². The van der Waals surface area contributed by atoms with E-state index < -0.39 is 8.32 Å². The Bertz CT molecular complexity index is 306. The lowest BCUT2D eigenvalue weighted by Gasteiger charge is -2.19. The Balaban J connectivity index is 1.31. The summed E-state index contributed by atoms with van der Waals surface area (Å²) in [6.45, 7) is 4.66. The van der Waals surface area contributed by atoms with Crippen LogP contribution in [-0.4, -0.2) is 27.6 Å². The summed E-state index contributed by atoms with van der Waals surface area (Å²) in [6, 6.07) is 1.33. The molecular formula is C19H38O2Si. The highest BCUT2D eigenvalue weighted by atomic mass is 28.4. The van der Waals surface area contributed by atoms with Gasteiger partial charge >= 0.3 is 0 Å².